The Labute approximate surface area is 221 Å². The molecule has 1 N–H and O–H groups in total. The van der Waals surface area contributed by atoms with Gasteiger partial charge >= 0.3 is 69.5 Å². The summed E-state index contributed by atoms with van der Waals surface area (Å²) in [5.74, 6) is -4.59. The number of hydrogen-bond donors (Lipinski definition) is 1. The molecule has 0 aliphatic heterocycles. The first-order chi connectivity index (χ1) is 15.6. The minimum absolute atomic E-state index is 0.0874. The van der Waals surface area contributed by atoms with Crippen LogP contribution in [0.25, 0.3) is 0 Å². The Hall–Kier alpha value is -0.301. The van der Waals surface area contributed by atoms with Crippen LogP contribution in [0.5, 0.6) is 0 Å². The number of carbonyl (C=O) groups is 2. The van der Waals surface area contributed by atoms with E-state index >= 15 is 0 Å². The summed E-state index contributed by atoms with van der Waals surface area (Å²) < 4.78 is 1.31. The summed E-state index contributed by atoms with van der Waals surface area (Å²) in [6, 6.07) is 0. The van der Waals surface area contributed by atoms with Gasteiger partial charge in [-0.15, -0.1) is 0 Å². The van der Waals surface area contributed by atoms with Gasteiger partial charge in [0.1, 0.15) is 5.60 Å². The second-order valence-corrected chi connectivity index (χ2v) is 21.1. The number of rotatable bonds is 17. The average Bonchev–Trinajstić information content (AvgIpc) is 2.67. The first-order valence-electron chi connectivity index (χ1n) is 13.5. The number of carboxylic acids is 2. The molecule has 200 valence electrons. The van der Waals surface area contributed by atoms with Crippen molar-refractivity contribution >= 4 is 33.1 Å². The van der Waals surface area contributed by atoms with Crippen molar-refractivity contribution in [3.8, 4) is 0 Å². The molecule has 0 aromatic carbocycles. The van der Waals surface area contributed by atoms with Crippen molar-refractivity contribution in [2.45, 2.75) is 158 Å². The fraction of sp³-hybridized carbons (Fsp3) is 0.929. The second-order valence-electron chi connectivity index (χ2n) is 11.8. The van der Waals surface area contributed by atoms with Crippen LogP contribution in [-0.2, 0) is 9.59 Å². The fourth-order valence-electron chi connectivity index (χ4n) is 4.40. The van der Waals surface area contributed by atoms with Crippen LogP contribution in [0.4, 0.5) is 0 Å². The van der Waals surface area contributed by atoms with E-state index in [1.165, 1.54) is 0 Å². The molecule has 0 aliphatic carbocycles. The van der Waals surface area contributed by atoms with Gasteiger partial charge in [0.05, 0.1) is 5.97 Å². The third-order valence-corrected chi connectivity index (χ3v) is 10.0. The van der Waals surface area contributed by atoms with E-state index in [0.29, 0.717) is 19.7 Å². The van der Waals surface area contributed by atoms with Gasteiger partial charge in [-0.2, -0.15) is 0 Å². The SMILES string of the molecule is CCCCCCCCC(C(=O)[O-])C(O)(CCCCCCCC)C(=O)[O-].C[C](C)(C)[Sn+2][C](C)(C)C. The normalized spacial score (nSPS) is 14.4. The molecule has 0 aromatic heterocycles. The standard InChI is InChI=1S/C20H38O5.2C4H9.Sn/c1-3-5-7-9-11-13-15-17(18(21)22)20(25,19(23)24)16-14-12-10-8-6-4-2;2*1-4(2)3;/h17,25H,3-16H2,1-2H3,(H,21,22)(H,23,24);2*1-3H3;/q;;;+2/p-2. The molecule has 0 radical (unpaired) electrons. The molecule has 0 saturated carbocycles. The van der Waals surface area contributed by atoms with E-state index in [1.807, 2.05) is 0 Å². The Morgan fingerprint density at radius 2 is 1.09 bits per heavy atom. The first kappa shape index (κ1) is 35.9. The molecule has 0 spiro atoms. The number of carbonyl (C=O) groups excluding carboxylic acids is 2. The molecule has 0 aromatic rings. The van der Waals surface area contributed by atoms with Gasteiger partial charge < -0.3 is 24.9 Å². The van der Waals surface area contributed by atoms with Crippen LogP contribution >= 0.6 is 0 Å². The van der Waals surface area contributed by atoms with Crippen LogP contribution in [0.15, 0.2) is 0 Å². The zero-order valence-electron chi connectivity index (χ0n) is 23.6. The molecule has 0 saturated heterocycles. The Morgan fingerprint density at radius 3 is 1.41 bits per heavy atom. The third kappa shape index (κ3) is 19.9. The average molecular weight is 589 g/mol. The van der Waals surface area contributed by atoms with Crippen molar-refractivity contribution in [2.75, 3.05) is 0 Å². The van der Waals surface area contributed by atoms with Crippen LogP contribution in [0.3, 0.4) is 0 Å². The van der Waals surface area contributed by atoms with Gasteiger partial charge in [-0.1, -0.05) is 90.9 Å². The molecule has 0 bridgehead atoms. The molecule has 34 heavy (non-hydrogen) atoms. The molecule has 2 unspecified atom stereocenters. The Balaban J connectivity index is 0. The van der Waals surface area contributed by atoms with Crippen LogP contribution in [0, 0.1) is 5.92 Å². The molecule has 6 heteroatoms. The van der Waals surface area contributed by atoms with Gasteiger partial charge in [0.15, 0.2) is 0 Å². The topological polar surface area (TPSA) is 100 Å². The van der Waals surface area contributed by atoms with Gasteiger partial charge in [-0.25, -0.2) is 0 Å². The van der Waals surface area contributed by atoms with E-state index in [0.717, 1.165) is 64.2 Å². The predicted molar refractivity (Wildman–Crippen MR) is 140 cm³/mol. The van der Waals surface area contributed by atoms with E-state index in [4.69, 9.17) is 0 Å². The number of unbranched alkanes of at least 4 members (excludes halogenated alkanes) is 10. The van der Waals surface area contributed by atoms with E-state index in [2.05, 4.69) is 55.4 Å². The van der Waals surface area contributed by atoms with Crippen molar-refractivity contribution < 1.29 is 24.9 Å². The molecule has 0 amide bonds. The summed E-state index contributed by atoms with van der Waals surface area (Å²) in [5, 5.41) is 33.4. The van der Waals surface area contributed by atoms with E-state index in [9.17, 15) is 24.9 Å². The Kier molecular flexibility index (Phi) is 19.9. The summed E-state index contributed by atoms with van der Waals surface area (Å²) in [6.45, 7) is 18.4. The maximum atomic E-state index is 11.5. The van der Waals surface area contributed by atoms with Crippen LogP contribution in [0.1, 0.15) is 145 Å². The molecule has 0 heterocycles. The number of hydrogen-bond acceptors (Lipinski definition) is 5. The Morgan fingerprint density at radius 1 is 0.706 bits per heavy atom. The molecule has 0 aliphatic rings. The first-order valence-corrected chi connectivity index (χ1v) is 16.4. The van der Waals surface area contributed by atoms with E-state index in [-0.39, 0.29) is 34.0 Å². The molecular weight excluding hydrogens is 535 g/mol. The molecule has 5 nitrogen and oxygen atoms in total. The molecule has 0 rings (SSSR count). The van der Waals surface area contributed by atoms with Gasteiger partial charge in [-0.05, 0) is 12.8 Å². The van der Waals surface area contributed by atoms with Crippen molar-refractivity contribution in [3.05, 3.63) is 0 Å². The summed E-state index contributed by atoms with van der Waals surface area (Å²) >= 11 is -0.182. The molecule has 0 fully saturated rings. The van der Waals surface area contributed by atoms with Gasteiger partial charge in [-0.3, -0.25) is 0 Å². The maximum absolute atomic E-state index is 11.5. The predicted octanol–water partition coefficient (Wildman–Crippen LogP) is 5.46. The van der Waals surface area contributed by atoms with Crippen molar-refractivity contribution in [1.82, 2.24) is 0 Å². The molecule has 2 atom stereocenters. The number of aliphatic carboxylic acids is 2. The number of aliphatic hydroxyl groups is 1. The fourth-order valence-corrected chi connectivity index (χ4v) is 10.8. The monoisotopic (exact) mass is 590 g/mol. The third-order valence-electron chi connectivity index (χ3n) is 5.72. The van der Waals surface area contributed by atoms with Crippen molar-refractivity contribution in [3.63, 3.8) is 0 Å². The van der Waals surface area contributed by atoms with Crippen LogP contribution < -0.4 is 10.2 Å². The number of carboxylic acid groups (broad SMARTS) is 2. The summed E-state index contributed by atoms with van der Waals surface area (Å²) in [7, 11) is 0. The van der Waals surface area contributed by atoms with Crippen LogP contribution in [-0.4, -0.2) is 43.8 Å². The summed E-state index contributed by atoms with van der Waals surface area (Å²) in [6.07, 6.45) is 11.4. The van der Waals surface area contributed by atoms with Gasteiger partial charge in [0, 0.05) is 11.9 Å². The summed E-state index contributed by atoms with van der Waals surface area (Å²) in [4.78, 5) is 22.9. The minimum atomic E-state index is -2.33. The summed E-state index contributed by atoms with van der Waals surface area (Å²) in [5.41, 5.74) is -2.33. The zero-order valence-corrected chi connectivity index (χ0v) is 26.4. The Bertz CT molecular complexity index is 524. The van der Waals surface area contributed by atoms with Gasteiger partial charge in [0.2, 0.25) is 0 Å². The van der Waals surface area contributed by atoms with E-state index in [1.54, 1.807) is 0 Å². The second kappa shape index (κ2) is 18.9. The van der Waals surface area contributed by atoms with Crippen molar-refractivity contribution in [2.24, 2.45) is 5.92 Å². The zero-order chi connectivity index (χ0) is 26.8. The molecular formula is C28H54O5Sn. The van der Waals surface area contributed by atoms with Gasteiger partial charge in [0.25, 0.3) is 0 Å². The van der Waals surface area contributed by atoms with Crippen LogP contribution in [0.2, 0.25) is 6.86 Å². The van der Waals surface area contributed by atoms with E-state index < -0.39 is 23.5 Å². The van der Waals surface area contributed by atoms with Crippen molar-refractivity contribution in [1.29, 1.82) is 0 Å². The quantitative estimate of drug-likeness (QED) is 0.179.